The first-order chi connectivity index (χ1) is 12.9. The van der Waals surface area contributed by atoms with Gasteiger partial charge in [-0.2, -0.15) is 0 Å². The van der Waals surface area contributed by atoms with Gasteiger partial charge < -0.3 is 14.6 Å². The molecule has 0 fully saturated rings. The number of carbonyl (C=O) groups excluding carboxylic acids is 1. The lowest BCUT2D eigenvalue weighted by Gasteiger charge is -2.16. The fourth-order valence-corrected chi connectivity index (χ4v) is 2.87. The van der Waals surface area contributed by atoms with E-state index in [1.54, 1.807) is 19.4 Å². The molecule has 1 atom stereocenters. The minimum atomic E-state index is -0.602. The number of benzene rings is 2. The van der Waals surface area contributed by atoms with Crippen LogP contribution in [0.25, 0.3) is 5.69 Å². The van der Waals surface area contributed by atoms with Crippen molar-refractivity contribution < 1.29 is 9.53 Å². The SMILES string of the molecule is Cc1cc(O[C@H](C)C(=O)NCc2ccc(-n3ccnc3)cc2)cc(C)c1Cl. The second-order valence-corrected chi connectivity index (χ2v) is 6.86. The molecule has 140 valence electrons. The van der Waals surface area contributed by atoms with E-state index in [9.17, 15) is 4.79 Å². The lowest BCUT2D eigenvalue weighted by Crippen LogP contribution is -2.35. The van der Waals surface area contributed by atoms with Crippen LogP contribution in [0.5, 0.6) is 5.75 Å². The second-order valence-electron chi connectivity index (χ2n) is 6.49. The Hall–Kier alpha value is -2.79. The number of halogens is 1. The highest BCUT2D eigenvalue weighted by Gasteiger charge is 2.15. The van der Waals surface area contributed by atoms with Crippen molar-refractivity contribution in [2.75, 3.05) is 0 Å². The predicted molar refractivity (Wildman–Crippen MR) is 106 cm³/mol. The van der Waals surface area contributed by atoms with Gasteiger partial charge in [-0.3, -0.25) is 4.79 Å². The normalized spacial score (nSPS) is 11.9. The molecular weight excluding hydrogens is 362 g/mol. The third-order valence-electron chi connectivity index (χ3n) is 4.30. The largest absolute Gasteiger partial charge is 0.481 e. The van der Waals surface area contributed by atoms with Gasteiger partial charge in [0.2, 0.25) is 0 Å². The summed E-state index contributed by atoms with van der Waals surface area (Å²) in [4.78, 5) is 16.4. The Balaban J connectivity index is 1.55. The van der Waals surface area contributed by atoms with Crippen molar-refractivity contribution in [3.8, 4) is 11.4 Å². The molecule has 0 spiro atoms. The van der Waals surface area contributed by atoms with Crippen LogP contribution in [0.4, 0.5) is 0 Å². The summed E-state index contributed by atoms with van der Waals surface area (Å²) in [6.45, 7) is 6.01. The van der Waals surface area contributed by atoms with Crippen molar-refractivity contribution >= 4 is 17.5 Å². The number of hydrogen-bond donors (Lipinski definition) is 1. The molecule has 0 radical (unpaired) electrons. The van der Waals surface area contributed by atoms with Crippen LogP contribution in [0, 0.1) is 13.8 Å². The molecule has 0 saturated carbocycles. The van der Waals surface area contributed by atoms with E-state index in [4.69, 9.17) is 16.3 Å². The average molecular weight is 384 g/mol. The number of aryl methyl sites for hydroxylation is 2. The van der Waals surface area contributed by atoms with E-state index in [2.05, 4.69) is 10.3 Å². The first-order valence-corrected chi connectivity index (χ1v) is 9.10. The molecule has 1 heterocycles. The van der Waals surface area contributed by atoms with Crippen molar-refractivity contribution in [2.24, 2.45) is 0 Å². The fraction of sp³-hybridized carbons (Fsp3) is 0.238. The third kappa shape index (κ3) is 4.68. The minimum Gasteiger partial charge on any atom is -0.481 e. The van der Waals surface area contributed by atoms with Crippen molar-refractivity contribution in [2.45, 2.75) is 33.4 Å². The molecule has 3 aromatic rings. The van der Waals surface area contributed by atoms with Crippen molar-refractivity contribution in [3.05, 3.63) is 76.8 Å². The van der Waals surface area contributed by atoms with Crippen LogP contribution in [0.2, 0.25) is 5.02 Å². The molecule has 1 aromatic heterocycles. The van der Waals surface area contributed by atoms with Crippen LogP contribution < -0.4 is 10.1 Å². The summed E-state index contributed by atoms with van der Waals surface area (Å²) in [6.07, 6.45) is 4.76. The summed E-state index contributed by atoms with van der Waals surface area (Å²) < 4.78 is 7.69. The van der Waals surface area contributed by atoms with E-state index in [0.29, 0.717) is 12.3 Å². The van der Waals surface area contributed by atoms with Crippen molar-refractivity contribution in [1.29, 1.82) is 0 Å². The Morgan fingerprint density at radius 1 is 1.22 bits per heavy atom. The molecular formula is C21H22ClN3O2. The molecule has 0 saturated heterocycles. The van der Waals surface area contributed by atoms with E-state index in [1.165, 1.54) is 0 Å². The van der Waals surface area contributed by atoms with Crippen molar-refractivity contribution in [3.63, 3.8) is 0 Å². The van der Waals surface area contributed by atoms with E-state index in [1.807, 2.05) is 61.0 Å². The molecule has 0 bridgehead atoms. The Labute approximate surface area is 164 Å². The number of rotatable bonds is 6. The number of carbonyl (C=O) groups is 1. The molecule has 2 aromatic carbocycles. The first kappa shape index (κ1) is 19.0. The summed E-state index contributed by atoms with van der Waals surface area (Å²) in [5.41, 5.74) is 3.89. The highest BCUT2D eigenvalue weighted by Crippen LogP contribution is 2.26. The van der Waals surface area contributed by atoms with Gasteiger partial charge in [0.05, 0.1) is 6.33 Å². The van der Waals surface area contributed by atoms with Gasteiger partial charge in [-0.05, 0) is 61.7 Å². The number of nitrogens with zero attached hydrogens (tertiary/aromatic N) is 2. The summed E-state index contributed by atoms with van der Waals surface area (Å²) in [5, 5.41) is 3.63. The summed E-state index contributed by atoms with van der Waals surface area (Å²) in [7, 11) is 0. The molecule has 3 rings (SSSR count). The number of imidazole rings is 1. The average Bonchev–Trinajstić information content (AvgIpc) is 3.19. The molecule has 5 nitrogen and oxygen atoms in total. The zero-order chi connectivity index (χ0) is 19.4. The summed E-state index contributed by atoms with van der Waals surface area (Å²) >= 11 is 6.17. The highest BCUT2D eigenvalue weighted by molar-refractivity contribution is 6.32. The predicted octanol–water partition coefficient (Wildman–Crippen LogP) is 4.23. The highest BCUT2D eigenvalue weighted by atomic mass is 35.5. The van der Waals surface area contributed by atoms with Gasteiger partial charge in [0.15, 0.2) is 6.10 Å². The summed E-state index contributed by atoms with van der Waals surface area (Å²) in [5.74, 6) is 0.473. The molecule has 0 aliphatic carbocycles. The van der Waals surface area contributed by atoms with Crippen LogP contribution in [0.15, 0.2) is 55.1 Å². The van der Waals surface area contributed by atoms with E-state index in [-0.39, 0.29) is 5.91 Å². The number of nitrogens with one attached hydrogen (secondary N) is 1. The van der Waals surface area contributed by atoms with Gasteiger partial charge in [-0.15, -0.1) is 0 Å². The molecule has 1 amide bonds. The van der Waals surface area contributed by atoms with Gasteiger partial charge in [0, 0.05) is 29.6 Å². The van der Waals surface area contributed by atoms with E-state index in [0.717, 1.165) is 27.4 Å². The van der Waals surface area contributed by atoms with Crippen LogP contribution in [0.1, 0.15) is 23.6 Å². The third-order valence-corrected chi connectivity index (χ3v) is 4.89. The standard InChI is InChI=1S/C21H22ClN3O2/c1-14-10-19(11-15(2)20(14)22)27-16(3)21(26)24-12-17-4-6-18(7-5-17)25-9-8-23-13-25/h4-11,13,16H,12H2,1-3H3,(H,24,26)/t16-/m1/s1. The smallest absolute Gasteiger partial charge is 0.261 e. The molecule has 6 heteroatoms. The monoisotopic (exact) mass is 383 g/mol. The molecule has 0 unspecified atom stereocenters. The number of ether oxygens (including phenoxy) is 1. The summed E-state index contributed by atoms with van der Waals surface area (Å²) in [6, 6.07) is 11.6. The van der Waals surface area contributed by atoms with E-state index >= 15 is 0 Å². The Morgan fingerprint density at radius 2 is 1.89 bits per heavy atom. The van der Waals surface area contributed by atoms with Gasteiger partial charge >= 0.3 is 0 Å². The molecule has 0 aliphatic rings. The zero-order valence-electron chi connectivity index (χ0n) is 15.6. The van der Waals surface area contributed by atoms with E-state index < -0.39 is 6.10 Å². The zero-order valence-corrected chi connectivity index (χ0v) is 16.3. The first-order valence-electron chi connectivity index (χ1n) is 8.72. The minimum absolute atomic E-state index is 0.168. The maximum Gasteiger partial charge on any atom is 0.261 e. The van der Waals surface area contributed by atoms with Gasteiger partial charge in [0.1, 0.15) is 5.75 Å². The molecule has 0 aliphatic heterocycles. The van der Waals surface area contributed by atoms with Gasteiger partial charge in [-0.1, -0.05) is 23.7 Å². The van der Waals surface area contributed by atoms with Gasteiger partial charge in [-0.25, -0.2) is 4.98 Å². The van der Waals surface area contributed by atoms with Crippen LogP contribution in [0.3, 0.4) is 0 Å². The number of aromatic nitrogens is 2. The Morgan fingerprint density at radius 3 is 2.48 bits per heavy atom. The van der Waals surface area contributed by atoms with Crippen molar-refractivity contribution in [1.82, 2.24) is 14.9 Å². The van der Waals surface area contributed by atoms with Crippen LogP contribution >= 0.6 is 11.6 Å². The maximum absolute atomic E-state index is 12.3. The van der Waals surface area contributed by atoms with Crippen LogP contribution in [-0.2, 0) is 11.3 Å². The molecule has 1 N–H and O–H groups in total. The van der Waals surface area contributed by atoms with Crippen LogP contribution in [-0.4, -0.2) is 21.6 Å². The quantitative estimate of drug-likeness (QED) is 0.693. The number of amides is 1. The Bertz CT molecular complexity index is 898. The lowest BCUT2D eigenvalue weighted by molar-refractivity contribution is -0.127. The lowest BCUT2D eigenvalue weighted by atomic mass is 10.1. The topological polar surface area (TPSA) is 56.1 Å². The fourth-order valence-electron chi connectivity index (χ4n) is 2.76. The van der Waals surface area contributed by atoms with Gasteiger partial charge in [0.25, 0.3) is 5.91 Å². The number of hydrogen-bond acceptors (Lipinski definition) is 3. The maximum atomic E-state index is 12.3. The second kappa shape index (κ2) is 8.27. The molecule has 27 heavy (non-hydrogen) atoms. The Kier molecular flexibility index (Phi) is 5.81.